The molecule has 0 aliphatic rings. The number of aliphatic hydroxyl groups is 1. The Morgan fingerprint density at radius 3 is 2.73 bits per heavy atom. The van der Waals surface area contributed by atoms with Gasteiger partial charge in [0.15, 0.2) is 0 Å². The van der Waals surface area contributed by atoms with Crippen molar-refractivity contribution in [3.8, 4) is 0 Å². The zero-order valence-electron chi connectivity index (χ0n) is 8.75. The predicted molar refractivity (Wildman–Crippen MR) is 69.5 cm³/mol. The third-order valence-corrected chi connectivity index (χ3v) is 3.73. The first-order chi connectivity index (χ1) is 6.94. The number of hydrogen-bond acceptors (Lipinski definition) is 2. The second-order valence-electron chi connectivity index (χ2n) is 4.38. The Bertz CT molecular complexity index is 482. The van der Waals surface area contributed by atoms with Crippen LogP contribution < -0.4 is 0 Å². The van der Waals surface area contributed by atoms with E-state index in [2.05, 4.69) is 34.1 Å². The van der Waals surface area contributed by atoms with Crippen molar-refractivity contribution >= 4 is 37.4 Å². The van der Waals surface area contributed by atoms with Gasteiger partial charge in [-0.3, -0.25) is 0 Å². The second-order valence-corrected chi connectivity index (χ2v) is 6.47. The average molecular weight is 285 g/mol. The molecule has 0 saturated carbocycles. The summed E-state index contributed by atoms with van der Waals surface area (Å²) in [5.74, 6) is 0. The fourth-order valence-corrected chi connectivity index (χ4v) is 3.41. The lowest BCUT2D eigenvalue weighted by Crippen LogP contribution is -2.20. The van der Waals surface area contributed by atoms with Crippen molar-refractivity contribution in [1.29, 1.82) is 0 Å². The van der Waals surface area contributed by atoms with Gasteiger partial charge in [0.05, 0.1) is 5.60 Å². The van der Waals surface area contributed by atoms with Crippen molar-refractivity contribution in [1.82, 2.24) is 0 Å². The molecular weight excluding hydrogens is 272 g/mol. The Kier molecular flexibility index (Phi) is 2.88. The van der Waals surface area contributed by atoms with Crippen LogP contribution in [0, 0.1) is 0 Å². The molecular formula is C12H13BrOS. The van der Waals surface area contributed by atoms with E-state index in [0.29, 0.717) is 6.42 Å². The molecule has 80 valence electrons. The first kappa shape index (κ1) is 11.1. The maximum Gasteiger partial charge on any atom is 0.0639 e. The Morgan fingerprint density at radius 1 is 1.33 bits per heavy atom. The van der Waals surface area contributed by atoms with Crippen LogP contribution in [-0.4, -0.2) is 10.7 Å². The minimum Gasteiger partial charge on any atom is -0.390 e. The first-order valence-corrected chi connectivity index (χ1v) is 6.45. The van der Waals surface area contributed by atoms with Crippen LogP contribution in [-0.2, 0) is 6.42 Å². The maximum atomic E-state index is 9.75. The largest absolute Gasteiger partial charge is 0.390 e. The van der Waals surface area contributed by atoms with E-state index < -0.39 is 5.60 Å². The quantitative estimate of drug-likeness (QED) is 0.885. The fourth-order valence-electron chi connectivity index (χ4n) is 1.57. The van der Waals surface area contributed by atoms with Crippen LogP contribution in [0.4, 0.5) is 0 Å². The summed E-state index contributed by atoms with van der Waals surface area (Å²) in [7, 11) is 0. The van der Waals surface area contributed by atoms with Crippen molar-refractivity contribution in [3.05, 3.63) is 33.6 Å². The van der Waals surface area contributed by atoms with Crippen LogP contribution in [0.2, 0.25) is 0 Å². The molecule has 0 aliphatic carbocycles. The lowest BCUT2D eigenvalue weighted by Gasteiger charge is -2.14. The maximum absolute atomic E-state index is 9.75. The van der Waals surface area contributed by atoms with E-state index in [1.165, 1.54) is 15.0 Å². The van der Waals surface area contributed by atoms with Crippen molar-refractivity contribution in [3.63, 3.8) is 0 Å². The smallest absolute Gasteiger partial charge is 0.0639 e. The Morgan fingerprint density at radius 2 is 2.07 bits per heavy atom. The van der Waals surface area contributed by atoms with Crippen molar-refractivity contribution < 1.29 is 5.11 Å². The molecule has 0 aliphatic heterocycles. The molecule has 0 radical (unpaired) electrons. The van der Waals surface area contributed by atoms with Gasteiger partial charge >= 0.3 is 0 Å². The van der Waals surface area contributed by atoms with Crippen molar-refractivity contribution in [2.24, 2.45) is 0 Å². The molecule has 2 aromatic rings. The van der Waals surface area contributed by atoms with E-state index in [4.69, 9.17) is 0 Å². The highest BCUT2D eigenvalue weighted by molar-refractivity contribution is 9.10. The lowest BCUT2D eigenvalue weighted by molar-refractivity contribution is 0.0819. The van der Waals surface area contributed by atoms with Crippen molar-refractivity contribution in [2.75, 3.05) is 0 Å². The molecule has 0 spiro atoms. The zero-order valence-corrected chi connectivity index (χ0v) is 11.2. The molecule has 1 aromatic carbocycles. The van der Waals surface area contributed by atoms with Crippen LogP contribution >= 0.6 is 27.3 Å². The standard InChI is InChI=1S/C12H13BrOS/c1-12(2,14)7-10-5-8-3-4-9(13)6-11(8)15-10/h3-6,14H,7H2,1-2H3. The molecule has 0 saturated heterocycles. The molecule has 0 atom stereocenters. The first-order valence-electron chi connectivity index (χ1n) is 4.84. The Balaban J connectivity index is 2.39. The van der Waals surface area contributed by atoms with Crippen LogP contribution in [0.3, 0.4) is 0 Å². The SMILES string of the molecule is CC(C)(O)Cc1cc2ccc(Br)cc2s1. The normalized spacial score (nSPS) is 12.3. The molecule has 0 bridgehead atoms. The second kappa shape index (κ2) is 3.89. The van der Waals surface area contributed by atoms with E-state index in [-0.39, 0.29) is 0 Å². The van der Waals surface area contributed by atoms with Crippen molar-refractivity contribution in [2.45, 2.75) is 25.9 Å². The Labute approximate surface area is 102 Å². The predicted octanol–water partition coefficient (Wildman–Crippen LogP) is 3.98. The molecule has 1 aromatic heterocycles. The number of benzene rings is 1. The number of fused-ring (bicyclic) bond motifs is 1. The van der Waals surface area contributed by atoms with Crippen LogP contribution in [0.1, 0.15) is 18.7 Å². The number of rotatable bonds is 2. The van der Waals surface area contributed by atoms with Gasteiger partial charge in [-0.1, -0.05) is 22.0 Å². The van der Waals surface area contributed by atoms with Gasteiger partial charge in [0.25, 0.3) is 0 Å². The number of halogens is 1. The van der Waals surface area contributed by atoms with E-state index in [9.17, 15) is 5.11 Å². The highest BCUT2D eigenvalue weighted by Gasteiger charge is 2.15. The van der Waals surface area contributed by atoms with E-state index in [0.717, 1.165) is 4.47 Å². The summed E-state index contributed by atoms with van der Waals surface area (Å²) >= 11 is 5.21. The lowest BCUT2D eigenvalue weighted by atomic mass is 10.0. The van der Waals surface area contributed by atoms with Gasteiger partial charge in [-0.05, 0) is 37.4 Å². The summed E-state index contributed by atoms with van der Waals surface area (Å²) in [6, 6.07) is 8.42. The fraction of sp³-hybridized carbons (Fsp3) is 0.333. The van der Waals surface area contributed by atoms with E-state index in [1.54, 1.807) is 11.3 Å². The monoisotopic (exact) mass is 284 g/mol. The van der Waals surface area contributed by atoms with Gasteiger partial charge in [0.2, 0.25) is 0 Å². The van der Waals surface area contributed by atoms with E-state index in [1.807, 2.05) is 19.9 Å². The third-order valence-electron chi connectivity index (χ3n) is 2.14. The summed E-state index contributed by atoms with van der Waals surface area (Å²) < 4.78 is 2.37. The average Bonchev–Trinajstić information content (AvgIpc) is 2.42. The highest BCUT2D eigenvalue weighted by Crippen LogP contribution is 2.30. The minimum absolute atomic E-state index is 0.627. The van der Waals surface area contributed by atoms with E-state index >= 15 is 0 Å². The summed E-state index contributed by atoms with van der Waals surface area (Å²) in [5, 5.41) is 11.0. The molecule has 3 heteroatoms. The molecule has 0 unspecified atom stereocenters. The summed E-state index contributed by atoms with van der Waals surface area (Å²) in [5.41, 5.74) is -0.627. The van der Waals surface area contributed by atoms with Gasteiger partial charge in [-0.2, -0.15) is 0 Å². The van der Waals surface area contributed by atoms with Gasteiger partial charge in [-0.25, -0.2) is 0 Å². The summed E-state index contributed by atoms with van der Waals surface area (Å²) in [6.45, 7) is 3.68. The van der Waals surface area contributed by atoms with Gasteiger partial charge < -0.3 is 5.11 Å². The molecule has 2 rings (SSSR count). The topological polar surface area (TPSA) is 20.2 Å². The third kappa shape index (κ3) is 2.80. The summed E-state index contributed by atoms with van der Waals surface area (Å²) in [4.78, 5) is 1.23. The van der Waals surface area contributed by atoms with Crippen LogP contribution in [0.25, 0.3) is 10.1 Å². The van der Waals surface area contributed by atoms with Crippen LogP contribution in [0.15, 0.2) is 28.7 Å². The Hall–Kier alpha value is -0.380. The minimum atomic E-state index is -0.627. The molecule has 15 heavy (non-hydrogen) atoms. The molecule has 1 N–H and O–H groups in total. The highest BCUT2D eigenvalue weighted by atomic mass is 79.9. The molecule has 1 heterocycles. The zero-order chi connectivity index (χ0) is 11.1. The molecule has 0 fully saturated rings. The van der Waals surface area contributed by atoms with Crippen LogP contribution in [0.5, 0.6) is 0 Å². The van der Waals surface area contributed by atoms with Gasteiger partial charge in [0, 0.05) is 20.5 Å². The van der Waals surface area contributed by atoms with Gasteiger partial charge in [0.1, 0.15) is 0 Å². The molecule has 1 nitrogen and oxygen atoms in total. The number of hydrogen-bond donors (Lipinski definition) is 1. The van der Waals surface area contributed by atoms with Gasteiger partial charge in [-0.15, -0.1) is 11.3 Å². The summed E-state index contributed by atoms with van der Waals surface area (Å²) in [6.07, 6.45) is 0.712. The number of thiophene rings is 1. The molecule has 0 amide bonds.